The Balaban J connectivity index is 1.53. The number of ether oxygens (including phenoxy) is 3. The van der Waals surface area contributed by atoms with Crippen molar-refractivity contribution in [2.24, 2.45) is 11.8 Å². The third kappa shape index (κ3) is 2.67. The molecule has 6 nitrogen and oxygen atoms in total. The summed E-state index contributed by atoms with van der Waals surface area (Å²) >= 11 is 0. The molecule has 1 saturated heterocycles. The summed E-state index contributed by atoms with van der Waals surface area (Å²) in [5.41, 5.74) is 3.11. The smallest absolute Gasteiger partial charge is 0.330 e. The summed E-state index contributed by atoms with van der Waals surface area (Å²) in [4.78, 5) is 27.6. The summed E-state index contributed by atoms with van der Waals surface area (Å²) in [6.07, 6.45) is 9.00. The Bertz CT molecular complexity index is 996. The average Bonchev–Trinajstić information content (AvgIpc) is 3.53. The second kappa shape index (κ2) is 6.83. The van der Waals surface area contributed by atoms with Crippen LogP contribution in [-0.4, -0.2) is 56.1 Å². The fourth-order valence-corrected chi connectivity index (χ4v) is 6.89. The minimum absolute atomic E-state index is 0.225. The van der Waals surface area contributed by atoms with Crippen molar-refractivity contribution in [3.63, 3.8) is 0 Å². The molecule has 1 aromatic rings. The van der Waals surface area contributed by atoms with E-state index in [2.05, 4.69) is 4.90 Å². The molecule has 0 radical (unpaired) electrons. The SMILES string of the molecule is COC(=O)/C=C/c1cc(OC)c2c3c1CC1C4CCC(=O)[C@H](O2)[C@]34CCN1CC1CC1. The lowest BCUT2D eigenvalue weighted by atomic mass is 9.51. The molecule has 0 amide bonds. The fraction of sp³-hybridized carbons (Fsp3) is 0.600. The van der Waals surface area contributed by atoms with Crippen LogP contribution in [0.15, 0.2) is 12.1 Å². The van der Waals surface area contributed by atoms with E-state index in [1.54, 1.807) is 7.11 Å². The van der Waals surface area contributed by atoms with Crippen LogP contribution in [0.4, 0.5) is 0 Å². The van der Waals surface area contributed by atoms with Gasteiger partial charge < -0.3 is 14.2 Å². The highest BCUT2D eigenvalue weighted by molar-refractivity contribution is 5.91. The molecule has 4 atom stereocenters. The molecular weight excluding hydrogens is 394 g/mol. The Morgan fingerprint density at radius 3 is 2.90 bits per heavy atom. The van der Waals surface area contributed by atoms with Gasteiger partial charge in [-0.15, -0.1) is 0 Å². The normalized spacial score (nSPS) is 33.2. The van der Waals surface area contributed by atoms with Crippen molar-refractivity contribution in [1.29, 1.82) is 0 Å². The van der Waals surface area contributed by atoms with E-state index in [9.17, 15) is 9.59 Å². The van der Waals surface area contributed by atoms with E-state index in [4.69, 9.17) is 14.2 Å². The van der Waals surface area contributed by atoms with Gasteiger partial charge in [0.25, 0.3) is 0 Å². The van der Waals surface area contributed by atoms with E-state index in [-0.39, 0.29) is 17.2 Å². The molecule has 31 heavy (non-hydrogen) atoms. The zero-order chi connectivity index (χ0) is 21.3. The molecule has 1 aromatic carbocycles. The maximum atomic E-state index is 13.1. The van der Waals surface area contributed by atoms with Crippen LogP contribution in [0.5, 0.6) is 11.5 Å². The fourth-order valence-electron chi connectivity index (χ4n) is 6.89. The number of piperidine rings is 1. The highest BCUT2D eigenvalue weighted by atomic mass is 16.5. The van der Waals surface area contributed by atoms with Gasteiger partial charge in [0.05, 0.1) is 14.2 Å². The third-order valence-corrected chi connectivity index (χ3v) is 8.38. The van der Waals surface area contributed by atoms with Crippen molar-refractivity contribution in [1.82, 2.24) is 4.90 Å². The monoisotopic (exact) mass is 423 g/mol. The number of carbonyl (C=O) groups excluding carboxylic acids is 2. The van der Waals surface area contributed by atoms with Gasteiger partial charge in [0, 0.05) is 36.1 Å². The number of likely N-dealkylation sites (tertiary alicyclic amines) is 1. The number of Topliss-reactive ketones (excluding diaryl/α,β-unsaturated/α-hetero) is 1. The predicted octanol–water partition coefficient (Wildman–Crippen LogP) is 2.90. The van der Waals surface area contributed by atoms with Gasteiger partial charge in [0.1, 0.15) is 0 Å². The van der Waals surface area contributed by atoms with E-state index in [0.29, 0.717) is 24.1 Å². The summed E-state index contributed by atoms with van der Waals surface area (Å²) in [6.45, 7) is 2.19. The molecule has 2 bridgehead atoms. The Labute approximate surface area is 182 Å². The topological polar surface area (TPSA) is 65.1 Å². The first-order valence-electron chi connectivity index (χ1n) is 11.5. The van der Waals surface area contributed by atoms with Crippen LogP contribution in [0.1, 0.15) is 48.8 Å². The van der Waals surface area contributed by atoms with Crippen LogP contribution < -0.4 is 9.47 Å². The van der Waals surface area contributed by atoms with Crippen LogP contribution >= 0.6 is 0 Å². The molecule has 0 aromatic heterocycles. The van der Waals surface area contributed by atoms with Gasteiger partial charge in [-0.2, -0.15) is 0 Å². The molecule has 3 fully saturated rings. The maximum Gasteiger partial charge on any atom is 0.330 e. The first kappa shape index (κ1) is 19.4. The number of methoxy groups -OCH3 is 2. The molecular formula is C25H29NO5. The summed E-state index contributed by atoms with van der Waals surface area (Å²) in [5, 5.41) is 0. The minimum atomic E-state index is -0.403. The number of hydrogen-bond acceptors (Lipinski definition) is 6. The quantitative estimate of drug-likeness (QED) is 0.536. The molecule has 2 saturated carbocycles. The molecule has 6 heteroatoms. The van der Waals surface area contributed by atoms with Crippen molar-refractivity contribution in [3.8, 4) is 11.5 Å². The molecule has 2 unspecified atom stereocenters. The molecule has 6 rings (SSSR count). The number of benzene rings is 1. The summed E-state index contributed by atoms with van der Waals surface area (Å²) < 4.78 is 17.0. The molecule has 3 aliphatic carbocycles. The molecule has 5 aliphatic rings. The van der Waals surface area contributed by atoms with E-state index < -0.39 is 6.10 Å². The first-order chi connectivity index (χ1) is 15.1. The molecule has 164 valence electrons. The summed E-state index contributed by atoms with van der Waals surface area (Å²) in [6, 6.07) is 2.37. The van der Waals surface area contributed by atoms with E-state index in [1.165, 1.54) is 43.7 Å². The Morgan fingerprint density at radius 1 is 1.32 bits per heavy atom. The average molecular weight is 424 g/mol. The van der Waals surface area contributed by atoms with Crippen LogP contribution in [0.3, 0.4) is 0 Å². The van der Waals surface area contributed by atoms with E-state index >= 15 is 0 Å². The predicted molar refractivity (Wildman–Crippen MR) is 114 cm³/mol. The van der Waals surface area contributed by atoms with Gasteiger partial charge in [-0.3, -0.25) is 9.69 Å². The Morgan fingerprint density at radius 2 is 2.16 bits per heavy atom. The molecule has 2 aliphatic heterocycles. The summed E-state index contributed by atoms with van der Waals surface area (Å²) in [7, 11) is 3.02. The number of hydrogen-bond donors (Lipinski definition) is 0. The van der Waals surface area contributed by atoms with Gasteiger partial charge in [-0.1, -0.05) is 0 Å². The number of esters is 1. The lowest BCUT2D eigenvalue weighted by Gasteiger charge is -2.58. The highest BCUT2D eigenvalue weighted by Crippen LogP contribution is 2.64. The number of rotatable bonds is 5. The van der Waals surface area contributed by atoms with Gasteiger partial charge in [0.15, 0.2) is 23.4 Å². The lowest BCUT2D eigenvalue weighted by Crippen LogP contribution is -2.66. The van der Waals surface area contributed by atoms with Crippen LogP contribution in [0.2, 0.25) is 0 Å². The van der Waals surface area contributed by atoms with Crippen LogP contribution in [0, 0.1) is 11.8 Å². The minimum Gasteiger partial charge on any atom is -0.493 e. The standard InChI is InChI=1S/C25H29NO5/c1-29-20-11-15(5-8-21(28)30-2)16-12-18-17-6-7-19(27)24-25(17,22(16)23(20)31-24)9-10-26(18)13-14-3-4-14/h5,8,11,14,17-18,24H,3-4,6-7,9-10,12-13H2,1-2H3/b8-5+/t17?,18?,24-,25-/m0/s1. The molecule has 2 heterocycles. The number of ketones is 1. The van der Waals surface area contributed by atoms with E-state index in [1.807, 2.05) is 12.1 Å². The van der Waals surface area contributed by atoms with Gasteiger partial charge in [0.2, 0.25) is 0 Å². The van der Waals surface area contributed by atoms with E-state index in [0.717, 1.165) is 43.0 Å². The van der Waals surface area contributed by atoms with Crippen molar-refractivity contribution in [2.45, 2.75) is 56.1 Å². The van der Waals surface area contributed by atoms with Gasteiger partial charge in [-0.25, -0.2) is 4.79 Å². The van der Waals surface area contributed by atoms with Gasteiger partial charge in [-0.05, 0) is 73.8 Å². The van der Waals surface area contributed by atoms with Crippen molar-refractivity contribution < 1.29 is 23.8 Å². The van der Waals surface area contributed by atoms with Gasteiger partial charge >= 0.3 is 5.97 Å². The van der Waals surface area contributed by atoms with Crippen LogP contribution in [-0.2, 0) is 26.2 Å². The second-order valence-electron chi connectivity index (χ2n) is 9.82. The van der Waals surface area contributed by atoms with Crippen LogP contribution in [0.25, 0.3) is 6.08 Å². The molecule has 1 spiro atoms. The highest BCUT2D eigenvalue weighted by Gasteiger charge is 2.66. The van der Waals surface area contributed by atoms with Crippen molar-refractivity contribution in [2.75, 3.05) is 27.3 Å². The second-order valence-corrected chi connectivity index (χ2v) is 9.82. The zero-order valence-electron chi connectivity index (χ0n) is 18.2. The summed E-state index contributed by atoms with van der Waals surface area (Å²) in [5.74, 6) is 2.52. The zero-order valence-corrected chi connectivity index (χ0v) is 18.2. The third-order valence-electron chi connectivity index (χ3n) is 8.38. The molecule has 0 N–H and O–H groups in total. The maximum absolute atomic E-state index is 13.1. The van der Waals surface area contributed by atoms with Crippen molar-refractivity contribution >= 4 is 17.8 Å². The Hall–Kier alpha value is -2.34. The Kier molecular flexibility index (Phi) is 4.26. The largest absolute Gasteiger partial charge is 0.493 e. The van der Waals surface area contributed by atoms with Crippen molar-refractivity contribution in [3.05, 3.63) is 28.8 Å². The lowest BCUT2D eigenvalue weighted by molar-refractivity contribution is -0.139. The number of nitrogens with zero attached hydrogens (tertiary/aromatic N) is 1. The number of carbonyl (C=O) groups is 2. The first-order valence-corrected chi connectivity index (χ1v) is 11.5.